The minimum Gasteiger partial charge on any atom is -0.309 e. The van der Waals surface area contributed by atoms with Crippen LogP contribution in [-0.2, 0) is 4.79 Å². The largest absolute Gasteiger partial charge is 0.309 e. The van der Waals surface area contributed by atoms with Crippen LogP contribution in [0.25, 0.3) is 0 Å². The lowest BCUT2D eigenvalue weighted by molar-refractivity contribution is -0.117. The summed E-state index contributed by atoms with van der Waals surface area (Å²) in [5.41, 5.74) is 1.11. The van der Waals surface area contributed by atoms with Crippen LogP contribution < -0.4 is 10.6 Å². The maximum absolute atomic E-state index is 12.3. The fourth-order valence-electron chi connectivity index (χ4n) is 3.34. The lowest BCUT2D eigenvalue weighted by Crippen LogP contribution is -2.40. The van der Waals surface area contributed by atoms with Crippen LogP contribution in [-0.4, -0.2) is 23.0 Å². The molecule has 0 aromatic carbocycles. The third kappa shape index (κ3) is 4.31. The average molecular weight is 332 g/mol. The Kier molecular flexibility index (Phi) is 6.91. The van der Waals surface area contributed by atoms with Gasteiger partial charge in [0.25, 0.3) is 0 Å². The molecule has 0 spiro atoms. The van der Waals surface area contributed by atoms with Gasteiger partial charge in [0.2, 0.25) is 5.91 Å². The molecule has 1 aliphatic carbocycles. The SMILES string of the molecule is Cc1ccnc(NC(=O)C2CC3CCCCC3N2)c1.Cl.Cl. The summed E-state index contributed by atoms with van der Waals surface area (Å²) < 4.78 is 0. The molecule has 2 fully saturated rings. The van der Waals surface area contributed by atoms with E-state index >= 15 is 0 Å². The Bertz CT molecular complexity index is 470. The van der Waals surface area contributed by atoms with Gasteiger partial charge in [-0.2, -0.15) is 0 Å². The number of pyridine rings is 1. The van der Waals surface area contributed by atoms with Crippen molar-refractivity contribution >= 4 is 36.5 Å². The first-order valence-corrected chi connectivity index (χ1v) is 7.22. The summed E-state index contributed by atoms with van der Waals surface area (Å²) in [6, 6.07) is 4.34. The van der Waals surface area contributed by atoms with E-state index in [0.29, 0.717) is 17.8 Å². The number of carbonyl (C=O) groups is 1. The van der Waals surface area contributed by atoms with E-state index < -0.39 is 0 Å². The highest BCUT2D eigenvalue weighted by molar-refractivity contribution is 5.94. The van der Waals surface area contributed by atoms with Crippen molar-refractivity contribution in [2.75, 3.05) is 5.32 Å². The average Bonchev–Trinajstić information content (AvgIpc) is 2.82. The van der Waals surface area contributed by atoms with Gasteiger partial charge in [-0.05, 0) is 49.8 Å². The number of fused-ring (bicyclic) bond motifs is 1. The minimum atomic E-state index is -0.0459. The number of hydrogen-bond donors (Lipinski definition) is 2. The van der Waals surface area contributed by atoms with Crippen LogP contribution in [0.4, 0.5) is 5.82 Å². The van der Waals surface area contributed by atoms with Crippen LogP contribution in [0.5, 0.6) is 0 Å². The van der Waals surface area contributed by atoms with Crippen LogP contribution in [0, 0.1) is 12.8 Å². The third-order valence-electron chi connectivity index (χ3n) is 4.35. The molecule has 1 saturated carbocycles. The Labute approximate surface area is 138 Å². The lowest BCUT2D eigenvalue weighted by atomic mass is 9.85. The molecule has 21 heavy (non-hydrogen) atoms. The van der Waals surface area contributed by atoms with E-state index in [2.05, 4.69) is 15.6 Å². The summed E-state index contributed by atoms with van der Waals surface area (Å²) in [6.07, 6.45) is 7.80. The van der Waals surface area contributed by atoms with E-state index in [1.807, 2.05) is 19.1 Å². The molecule has 1 amide bonds. The quantitative estimate of drug-likeness (QED) is 0.875. The standard InChI is InChI=1S/C15H21N3O.2ClH/c1-10-6-7-16-14(8-10)18-15(19)13-9-11-4-2-3-5-12(11)17-13;;/h6-8,11-13,17H,2-5,9H2,1H3,(H,16,18,19);2*1H. The maximum Gasteiger partial charge on any atom is 0.242 e. The number of aryl methyl sites for hydroxylation is 1. The number of carbonyl (C=O) groups excluding carboxylic acids is 1. The number of anilines is 1. The Hall–Kier alpha value is -0.840. The van der Waals surface area contributed by atoms with Gasteiger partial charge in [0.1, 0.15) is 5.82 Å². The van der Waals surface area contributed by atoms with Crippen molar-refractivity contribution in [1.82, 2.24) is 10.3 Å². The number of hydrogen-bond acceptors (Lipinski definition) is 3. The van der Waals surface area contributed by atoms with Crippen molar-refractivity contribution in [2.24, 2.45) is 5.92 Å². The van der Waals surface area contributed by atoms with Gasteiger partial charge >= 0.3 is 0 Å². The molecule has 0 radical (unpaired) electrons. The normalized spacial score (nSPS) is 27.0. The first-order chi connectivity index (χ1) is 9.22. The van der Waals surface area contributed by atoms with Gasteiger partial charge in [-0.1, -0.05) is 12.8 Å². The Balaban J connectivity index is 0.00000110. The molecule has 1 saturated heterocycles. The summed E-state index contributed by atoms with van der Waals surface area (Å²) in [5, 5.41) is 6.41. The summed E-state index contributed by atoms with van der Waals surface area (Å²) in [6.45, 7) is 2.00. The number of rotatable bonds is 2. The summed E-state index contributed by atoms with van der Waals surface area (Å²) in [5.74, 6) is 1.41. The number of amides is 1. The fraction of sp³-hybridized carbons (Fsp3) is 0.600. The van der Waals surface area contributed by atoms with Gasteiger partial charge in [0, 0.05) is 12.2 Å². The van der Waals surface area contributed by atoms with Crippen LogP contribution in [0.1, 0.15) is 37.7 Å². The zero-order valence-corrected chi connectivity index (χ0v) is 13.8. The second-order valence-electron chi connectivity index (χ2n) is 5.81. The fourth-order valence-corrected chi connectivity index (χ4v) is 3.34. The first-order valence-electron chi connectivity index (χ1n) is 7.22. The lowest BCUT2D eigenvalue weighted by Gasteiger charge is -2.24. The van der Waals surface area contributed by atoms with Crippen molar-refractivity contribution in [1.29, 1.82) is 0 Å². The molecule has 2 N–H and O–H groups in total. The molecule has 1 aromatic rings. The molecule has 4 nitrogen and oxygen atoms in total. The molecular formula is C15H23Cl2N3O. The monoisotopic (exact) mass is 331 g/mol. The van der Waals surface area contributed by atoms with Gasteiger partial charge in [0.15, 0.2) is 0 Å². The highest BCUT2D eigenvalue weighted by Crippen LogP contribution is 2.33. The third-order valence-corrected chi connectivity index (χ3v) is 4.35. The van der Waals surface area contributed by atoms with Gasteiger partial charge in [-0.3, -0.25) is 4.79 Å². The Morgan fingerprint density at radius 1 is 1.33 bits per heavy atom. The summed E-state index contributed by atoms with van der Waals surface area (Å²) in [4.78, 5) is 16.4. The number of nitrogens with zero attached hydrogens (tertiary/aromatic N) is 1. The molecule has 118 valence electrons. The number of halogens is 2. The topological polar surface area (TPSA) is 54.0 Å². The van der Waals surface area contributed by atoms with Gasteiger partial charge in [0.05, 0.1) is 6.04 Å². The van der Waals surface area contributed by atoms with Crippen LogP contribution in [0.15, 0.2) is 18.3 Å². The molecule has 1 aromatic heterocycles. The van der Waals surface area contributed by atoms with Crippen molar-refractivity contribution in [3.63, 3.8) is 0 Å². The maximum atomic E-state index is 12.3. The van der Waals surface area contributed by atoms with Crippen LogP contribution >= 0.6 is 24.8 Å². The summed E-state index contributed by atoms with van der Waals surface area (Å²) >= 11 is 0. The number of nitrogens with one attached hydrogen (secondary N) is 2. The predicted molar refractivity (Wildman–Crippen MR) is 89.4 cm³/mol. The summed E-state index contributed by atoms with van der Waals surface area (Å²) in [7, 11) is 0. The highest BCUT2D eigenvalue weighted by Gasteiger charge is 2.38. The van der Waals surface area contributed by atoms with Gasteiger partial charge in [-0.25, -0.2) is 4.98 Å². The zero-order chi connectivity index (χ0) is 13.2. The van der Waals surface area contributed by atoms with Crippen molar-refractivity contribution in [3.05, 3.63) is 23.9 Å². The van der Waals surface area contributed by atoms with Crippen LogP contribution in [0.3, 0.4) is 0 Å². The molecule has 3 rings (SSSR count). The van der Waals surface area contributed by atoms with E-state index in [9.17, 15) is 4.79 Å². The molecule has 0 bridgehead atoms. The van der Waals surface area contributed by atoms with Gasteiger partial charge in [-0.15, -0.1) is 24.8 Å². The molecular weight excluding hydrogens is 309 g/mol. The Morgan fingerprint density at radius 3 is 2.81 bits per heavy atom. The zero-order valence-electron chi connectivity index (χ0n) is 12.2. The molecule has 3 unspecified atom stereocenters. The van der Waals surface area contributed by atoms with Crippen molar-refractivity contribution in [2.45, 2.75) is 51.1 Å². The van der Waals surface area contributed by atoms with E-state index in [-0.39, 0.29) is 36.8 Å². The van der Waals surface area contributed by atoms with Crippen molar-refractivity contribution < 1.29 is 4.79 Å². The van der Waals surface area contributed by atoms with E-state index in [1.54, 1.807) is 6.20 Å². The molecule has 1 aliphatic heterocycles. The van der Waals surface area contributed by atoms with E-state index in [0.717, 1.165) is 12.0 Å². The molecule has 6 heteroatoms. The minimum absolute atomic E-state index is 0. The van der Waals surface area contributed by atoms with Crippen molar-refractivity contribution in [3.8, 4) is 0 Å². The second-order valence-corrected chi connectivity index (χ2v) is 5.81. The van der Waals surface area contributed by atoms with Gasteiger partial charge < -0.3 is 10.6 Å². The highest BCUT2D eigenvalue weighted by atomic mass is 35.5. The predicted octanol–water partition coefficient (Wildman–Crippen LogP) is 3.09. The molecule has 2 heterocycles. The molecule has 2 aliphatic rings. The smallest absolute Gasteiger partial charge is 0.242 e. The Morgan fingerprint density at radius 2 is 2.10 bits per heavy atom. The first kappa shape index (κ1) is 18.2. The van der Waals surface area contributed by atoms with E-state index in [1.165, 1.54) is 25.7 Å². The second kappa shape index (κ2) is 7.97. The van der Waals surface area contributed by atoms with E-state index in [4.69, 9.17) is 0 Å². The number of aromatic nitrogens is 1. The van der Waals surface area contributed by atoms with Crippen LogP contribution in [0.2, 0.25) is 0 Å². The molecule has 3 atom stereocenters.